The summed E-state index contributed by atoms with van der Waals surface area (Å²) in [5, 5.41) is 10.6. The Morgan fingerprint density at radius 2 is 1.82 bits per heavy atom. The molecule has 4 atom stereocenters. The minimum Gasteiger partial charge on any atom is -0.488 e. The first kappa shape index (κ1) is 18.6. The van der Waals surface area contributed by atoms with Gasteiger partial charge in [0.1, 0.15) is 17.5 Å². The van der Waals surface area contributed by atoms with Gasteiger partial charge in [-0.3, -0.25) is 4.79 Å². The van der Waals surface area contributed by atoms with Crippen LogP contribution in [0.15, 0.2) is 42.6 Å². The second kappa shape index (κ2) is 7.67. The van der Waals surface area contributed by atoms with Crippen LogP contribution in [0.2, 0.25) is 0 Å². The van der Waals surface area contributed by atoms with E-state index in [4.69, 9.17) is 9.47 Å². The van der Waals surface area contributed by atoms with E-state index in [1.807, 2.05) is 11.0 Å². The van der Waals surface area contributed by atoms with Gasteiger partial charge in [-0.1, -0.05) is 0 Å². The lowest BCUT2D eigenvalue weighted by molar-refractivity contribution is -0.0231. The standard InChI is InChI=1S/C21H24N2O5/c1-27-21(26)13-4-6-16(7-5-13)28-19-10-15-12-23(11-14(15)9-18(19)24)20(25)17-3-2-8-22-17/h2-8,14-15,18-19,22,24H,9-12H2,1H3/t14-,15+,18-,19-/m0/s1. The number of ether oxygens (including phenoxy) is 2. The number of aliphatic hydroxyl groups excluding tert-OH is 1. The number of carbonyl (C=O) groups is 2. The lowest BCUT2D eigenvalue weighted by Crippen LogP contribution is -2.42. The fourth-order valence-corrected chi connectivity index (χ4v) is 4.28. The Labute approximate surface area is 163 Å². The molecule has 2 fully saturated rings. The predicted octanol–water partition coefficient (Wildman–Crippen LogP) is 2.09. The van der Waals surface area contributed by atoms with Crippen LogP contribution in [0.3, 0.4) is 0 Å². The highest BCUT2D eigenvalue weighted by Gasteiger charge is 2.44. The van der Waals surface area contributed by atoms with Gasteiger partial charge < -0.3 is 24.5 Å². The molecule has 2 heterocycles. The summed E-state index contributed by atoms with van der Waals surface area (Å²) in [5.74, 6) is 0.805. The van der Waals surface area contributed by atoms with Gasteiger partial charge in [0.05, 0.1) is 18.8 Å². The summed E-state index contributed by atoms with van der Waals surface area (Å²) >= 11 is 0. The molecule has 0 radical (unpaired) electrons. The Morgan fingerprint density at radius 3 is 2.46 bits per heavy atom. The Bertz CT molecular complexity index is 833. The van der Waals surface area contributed by atoms with Crippen molar-refractivity contribution in [3.63, 3.8) is 0 Å². The monoisotopic (exact) mass is 384 g/mol. The van der Waals surface area contributed by atoms with E-state index in [1.54, 1.807) is 36.5 Å². The van der Waals surface area contributed by atoms with Crippen LogP contribution in [0.25, 0.3) is 0 Å². The van der Waals surface area contributed by atoms with E-state index in [1.165, 1.54) is 7.11 Å². The highest BCUT2D eigenvalue weighted by Crippen LogP contribution is 2.38. The average Bonchev–Trinajstić information content (AvgIpc) is 3.37. The molecule has 0 bridgehead atoms. The van der Waals surface area contributed by atoms with Gasteiger partial charge in [-0.05, 0) is 61.1 Å². The molecule has 1 saturated carbocycles. The molecule has 2 aromatic rings. The van der Waals surface area contributed by atoms with Crippen molar-refractivity contribution in [3.8, 4) is 5.75 Å². The number of aromatic amines is 1. The summed E-state index contributed by atoms with van der Waals surface area (Å²) in [7, 11) is 1.34. The molecule has 28 heavy (non-hydrogen) atoms. The topological polar surface area (TPSA) is 91.9 Å². The summed E-state index contributed by atoms with van der Waals surface area (Å²) in [6.07, 6.45) is 2.14. The van der Waals surface area contributed by atoms with Gasteiger partial charge in [0, 0.05) is 19.3 Å². The number of carbonyl (C=O) groups excluding carboxylic acids is 2. The Balaban J connectivity index is 1.39. The predicted molar refractivity (Wildman–Crippen MR) is 101 cm³/mol. The first-order valence-corrected chi connectivity index (χ1v) is 9.51. The van der Waals surface area contributed by atoms with Gasteiger partial charge >= 0.3 is 5.97 Å². The highest BCUT2D eigenvalue weighted by molar-refractivity contribution is 5.92. The van der Waals surface area contributed by atoms with E-state index in [0.717, 1.165) is 0 Å². The molecule has 4 rings (SSSR count). The maximum absolute atomic E-state index is 12.6. The molecule has 2 N–H and O–H groups in total. The second-order valence-corrected chi connectivity index (χ2v) is 7.53. The first-order chi connectivity index (χ1) is 13.5. The summed E-state index contributed by atoms with van der Waals surface area (Å²) in [4.78, 5) is 28.9. The van der Waals surface area contributed by atoms with Crippen molar-refractivity contribution in [1.29, 1.82) is 0 Å². The van der Waals surface area contributed by atoms with Gasteiger partial charge in [0.25, 0.3) is 5.91 Å². The van der Waals surface area contributed by atoms with Gasteiger partial charge in [0.15, 0.2) is 0 Å². The van der Waals surface area contributed by atoms with E-state index in [0.29, 0.717) is 48.9 Å². The van der Waals surface area contributed by atoms with Crippen molar-refractivity contribution < 1.29 is 24.2 Å². The second-order valence-electron chi connectivity index (χ2n) is 7.53. The summed E-state index contributed by atoms with van der Waals surface area (Å²) in [5.41, 5.74) is 1.05. The highest BCUT2D eigenvalue weighted by atomic mass is 16.5. The minimum absolute atomic E-state index is 0.00440. The molecule has 1 aromatic carbocycles. The number of fused-ring (bicyclic) bond motifs is 1. The maximum Gasteiger partial charge on any atom is 0.337 e. The lowest BCUT2D eigenvalue weighted by Gasteiger charge is -2.35. The van der Waals surface area contributed by atoms with Crippen molar-refractivity contribution >= 4 is 11.9 Å². The summed E-state index contributed by atoms with van der Waals surface area (Å²) in [6.45, 7) is 1.34. The molecule has 1 aliphatic carbocycles. The molecule has 148 valence electrons. The van der Waals surface area contributed by atoms with Gasteiger partial charge in [-0.25, -0.2) is 4.79 Å². The van der Waals surface area contributed by atoms with Crippen LogP contribution in [0.4, 0.5) is 0 Å². The largest absolute Gasteiger partial charge is 0.488 e. The van der Waals surface area contributed by atoms with Crippen molar-refractivity contribution in [2.75, 3.05) is 20.2 Å². The maximum atomic E-state index is 12.6. The lowest BCUT2D eigenvalue weighted by atomic mass is 9.78. The van der Waals surface area contributed by atoms with Gasteiger partial charge in [-0.15, -0.1) is 0 Å². The number of nitrogens with one attached hydrogen (secondary N) is 1. The quantitative estimate of drug-likeness (QED) is 0.788. The number of methoxy groups -OCH3 is 1. The molecule has 7 heteroatoms. The first-order valence-electron chi connectivity index (χ1n) is 9.51. The van der Waals surface area contributed by atoms with Crippen molar-refractivity contribution in [2.24, 2.45) is 11.8 Å². The van der Waals surface area contributed by atoms with E-state index in [-0.39, 0.29) is 17.9 Å². The van der Waals surface area contributed by atoms with Crippen molar-refractivity contribution in [1.82, 2.24) is 9.88 Å². The van der Waals surface area contributed by atoms with Crippen LogP contribution in [0.5, 0.6) is 5.75 Å². The molecule has 1 aromatic heterocycles. The van der Waals surface area contributed by atoms with Crippen LogP contribution in [0, 0.1) is 11.8 Å². The number of amides is 1. The number of aromatic nitrogens is 1. The van der Waals surface area contributed by atoms with Crippen LogP contribution in [-0.2, 0) is 4.74 Å². The third kappa shape index (κ3) is 3.62. The number of hydrogen-bond donors (Lipinski definition) is 2. The summed E-state index contributed by atoms with van der Waals surface area (Å²) in [6, 6.07) is 10.3. The number of hydrogen-bond acceptors (Lipinski definition) is 5. The van der Waals surface area contributed by atoms with Crippen LogP contribution in [0.1, 0.15) is 33.7 Å². The third-order valence-corrected chi connectivity index (χ3v) is 5.76. The van der Waals surface area contributed by atoms with E-state index >= 15 is 0 Å². The number of likely N-dealkylation sites (tertiary alicyclic amines) is 1. The van der Waals surface area contributed by atoms with Crippen LogP contribution >= 0.6 is 0 Å². The number of benzene rings is 1. The number of aliphatic hydroxyl groups is 1. The number of H-pyrrole nitrogens is 1. The normalized spacial score (nSPS) is 26.6. The third-order valence-electron chi connectivity index (χ3n) is 5.76. The molecule has 1 aliphatic heterocycles. The molecule has 0 spiro atoms. The summed E-state index contributed by atoms with van der Waals surface area (Å²) < 4.78 is 10.7. The zero-order valence-corrected chi connectivity index (χ0v) is 15.7. The molecule has 2 aliphatic rings. The number of nitrogens with zero attached hydrogens (tertiary/aromatic N) is 1. The molecular formula is C21H24N2O5. The van der Waals surface area contributed by atoms with Crippen LogP contribution < -0.4 is 4.74 Å². The Morgan fingerprint density at radius 1 is 1.11 bits per heavy atom. The van der Waals surface area contributed by atoms with E-state index in [2.05, 4.69) is 4.98 Å². The zero-order valence-electron chi connectivity index (χ0n) is 15.7. The molecular weight excluding hydrogens is 360 g/mol. The van der Waals surface area contributed by atoms with Gasteiger partial charge in [-0.2, -0.15) is 0 Å². The van der Waals surface area contributed by atoms with E-state index < -0.39 is 12.1 Å². The molecule has 1 saturated heterocycles. The number of rotatable bonds is 4. The van der Waals surface area contributed by atoms with Gasteiger partial charge in [0.2, 0.25) is 0 Å². The number of esters is 1. The van der Waals surface area contributed by atoms with E-state index in [9.17, 15) is 14.7 Å². The average molecular weight is 384 g/mol. The molecule has 1 amide bonds. The van der Waals surface area contributed by atoms with Crippen LogP contribution in [-0.4, -0.2) is 59.3 Å². The van der Waals surface area contributed by atoms with Crippen molar-refractivity contribution in [2.45, 2.75) is 25.0 Å². The molecule has 0 unspecified atom stereocenters. The zero-order chi connectivity index (χ0) is 19.7. The fraction of sp³-hybridized carbons (Fsp3) is 0.429. The minimum atomic E-state index is -0.581. The van der Waals surface area contributed by atoms with Crippen molar-refractivity contribution in [3.05, 3.63) is 53.9 Å². The fourth-order valence-electron chi connectivity index (χ4n) is 4.28. The Hall–Kier alpha value is -2.80. The SMILES string of the molecule is COC(=O)c1ccc(O[C@H]2C[C@@H]3CN(C(=O)c4ccc[nH]4)C[C@@H]3C[C@@H]2O)cc1. The Kier molecular flexibility index (Phi) is 5.09. The smallest absolute Gasteiger partial charge is 0.337 e. The molecule has 7 nitrogen and oxygen atoms in total.